The van der Waals surface area contributed by atoms with Crippen molar-refractivity contribution >= 4 is 127 Å². The van der Waals surface area contributed by atoms with Crippen LogP contribution in [0.25, 0.3) is 33.4 Å². The van der Waals surface area contributed by atoms with Gasteiger partial charge in [-0.3, -0.25) is 0 Å². The standard InChI is InChI=1S/C18H18Br4.C18H22.C16H18.C9H10Br2.C9H12.C8H8Br2.2C8H10/c1-7-9(3)15(19)13(16(20)10(7)4)14-17(21)11(5)8(2)12(6)18(14)22;1-11-7-17(8-12(2)15(11)5)18-9-13(3)16(6)14(4)10-18;1-11-5-7-15(9-13(11)3)16-8-6-12(2)14(4)10-16;1-3-7-4-8(10)6(2)9(11)5-7;1-7-4-5-8(2)9(3)6-7;1-5-3-7(9)6(2)8(10)4-5;1-7-3-5-8(2)6-4-7;1-7-4-3-5-8(2)6-7/h1-6H3;7-10H,1-6H3;5-10H,1-4H3;4-5H,3H2,1-2H3;4-6H,1-3H3;3-4H,1-2H3;2*3-6H,1-2H3. The topological polar surface area (TPSA) is 0 Å². The quantitative estimate of drug-likeness (QED) is 0.165. The predicted molar refractivity (Wildman–Crippen MR) is 482 cm³/mol. The third kappa shape index (κ3) is 26.0. The van der Waals surface area contributed by atoms with E-state index in [1.54, 1.807) is 0 Å². The number of rotatable bonds is 4. The monoisotopic (exact) mass is 1870 g/mol. The molecule has 540 valence electrons. The van der Waals surface area contributed by atoms with Gasteiger partial charge in [0.25, 0.3) is 0 Å². The zero-order valence-corrected chi connectivity index (χ0v) is 78.4. The van der Waals surface area contributed by atoms with Crippen LogP contribution in [0.15, 0.2) is 187 Å². The predicted octanol–water partition coefficient (Wildman–Crippen LogP) is 33.2. The molecule has 0 aromatic heterocycles. The van der Waals surface area contributed by atoms with Crippen LogP contribution in [-0.4, -0.2) is 0 Å². The van der Waals surface area contributed by atoms with Crippen molar-refractivity contribution in [1.82, 2.24) is 0 Å². The van der Waals surface area contributed by atoms with Gasteiger partial charge in [-0.05, 0) is 419 Å². The highest BCUT2D eigenvalue weighted by Gasteiger charge is 2.23. The average Bonchev–Trinajstić information content (AvgIpc) is 0.751. The Morgan fingerprint density at radius 2 is 0.461 bits per heavy atom. The lowest BCUT2D eigenvalue weighted by molar-refractivity contribution is 1.12. The van der Waals surface area contributed by atoms with Crippen LogP contribution in [0, 0.1) is 180 Å². The summed E-state index contributed by atoms with van der Waals surface area (Å²) in [7, 11) is 0. The minimum atomic E-state index is 1.08. The zero-order valence-electron chi connectivity index (χ0n) is 65.7. The van der Waals surface area contributed by atoms with Gasteiger partial charge in [0.05, 0.1) is 0 Å². The minimum absolute atomic E-state index is 1.08. The molecule has 11 aromatic carbocycles. The largest absolute Gasteiger partial charge is 0.0617 e. The summed E-state index contributed by atoms with van der Waals surface area (Å²) in [6.45, 7) is 58.0. The molecule has 0 heterocycles. The lowest BCUT2D eigenvalue weighted by Crippen LogP contribution is -1.99. The second-order valence-electron chi connectivity index (χ2n) is 27.6. The minimum Gasteiger partial charge on any atom is -0.0617 e. The van der Waals surface area contributed by atoms with E-state index in [1.807, 2.05) is 0 Å². The van der Waals surface area contributed by atoms with Gasteiger partial charge in [-0.1, -0.05) is 226 Å². The fraction of sp³-hybridized carbons (Fsp3) is 0.298. The molecule has 102 heavy (non-hydrogen) atoms. The van der Waals surface area contributed by atoms with Crippen LogP contribution in [-0.2, 0) is 6.42 Å². The molecule has 0 N–H and O–H groups in total. The first kappa shape index (κ1) is 89.7. The molecule has 0 aliphatic carbocycles. The van der Waals surface area contributed by atoms with Crippen molar-refractivity contribution in [3.8, 4) is 33.4 Å². The third-order valence-electron chi connectivity index (χ3n) is 19.5. The van der Waals surface area contributed by atoms with E-state index in [0.717, 1.165) is 24.3 Å². The second kappa shape index (κ2) is 42.0. The molecule has 0 saturated carbocycles. The smallest absolute Gasteiger partial charge is 0.0297 e. The van der Waals surface area contributed by atoms with Crippen molar-refractivity contribution < 1.29 is 0 Å². The molecule has 11 aromatic rings. The Morgan fingerprint density at radius 1 is 0.196 bits per heavy atom. The second-order valence-corrected chi connectivity index (χ2v) is 34.2. The van der Waals surface area contributed by atoms with Crippen molar-refractivity contribution in [2.75, 3.05) is 0 Å². The van der Waals surface area contributed by atoms with Crippen molar-refractivity contribution in [2.45, 2.75) is 193 Å². The fourth-order valence-corrected chi connectivity index (χ4v) is 16.9. The lowest BCUT2D eigenvalue weighted by atomic mass is 9.92. The third-order valence-corrected chi connectivity index (χ3v) is 26.7. The van der Waals surface area contributed by atoms with Crippen LogP contribution >= 0.6 is 127 Å². The molecule has 0 bridgehead atoms. The summed E-state index contributed by atoms with van der Waals surface area (Å²) in [6.07, 6.45) is 1.08. The maximum atomic E-state index is 3.82. The molecule has 0 amide bonds. The van der Waals surface area contributed by atoms with Crippen LogP contribution in [0.3, 0.4) is 0 Å². The molecule has 0 saturated heterocycles. The summed E-state index contributed by atoms with van der Waals surface area (Å²) in [4.78, 5) is 0. The maximum absolute atomic E-state index is 3.82. The highest BCUT2D eigenvalue weighted by Crippen LogP contribution is 2.49. The first-order valence-corrected chi connectivity index (χ1v) is 41.1. The summed E-state index contributed by atoms with van der Waals surface area (Å²) in [5.41, 5.74) is 43.8. The SMILES string of the molecule is CCc1cc(Br)c(C)c(Br)c1.Cc1c(C)c(Br)c(-c2c(Br)c(C)c(C)c(C)c2Br)c(Br)c1C.Cc1cc(-c2cc(C)c(C)c(C)c2)cc(C)c1C.Cc1cc(Br)c(C)c(Br)c1.Cc1ccc(-c2ccc(C)c(C)c2)cc1C.Cc1ccc(C)c(C)c1.Cc1ccc(C)cc1.Cc1cccc(C)c1. The molecular formula is C94H108Br8. The van der Waals surface area contributed by atoms with Crippen molar-refractivity contribution in [3.05, 3.63) is 338 Å². The van der Waals surface area contributed by atoms with Gasteiger partial charge in [0.15, 0.2) is 0 Å². The summed E-state index contributed by atoms with van der Waals surface area (Å²) in [6, 6.07) is 54.5. The van der Waals surface area contributed by atoms with Crippen LogP contribution in [0.5, 0.6) is 0 Å². The van der Waals surface area contributed by atoms with Gasteiger partial charge in [0.1, 0.15) is 0 Å². The normalized spacial score (nSPS) is 10.3. The summed E-state index contributed by atoms with van der Waals surface area (Å²) < 4.78 is 9.28. The van der Waals surface area contributed by atoms with Crippen LogP contribution in [0.4, 0.5) is 0 Å². The van der Waals surface area contributed by atoms with E-state index in [2.05, 4.69) is 466 Å². The van der Waals surface area contributed by atoms with Crippen molar-refractivity contribution in [2.24, 2.45) is 0 Å². The van der Waals surface area contributed by atoms with E-state index in [9.17, 15) is 0 Å². The van der Waals surface area contributed by atoms with Gasteiger partial charge in [0.2, 0.25) is 0 Å². The molecule has 0 radical (unpaired) electrons. The fourth-order valence-electron chi connectivity index (χ4n) is 10.9. The molecule has 0 atom stereocenters. The Bertz CT molecular complexity index is 4330. The van der Waals surface area contributed by atoms with E-state index in [1.165, 1.54) is 201 Å². The van der Waals surface area contributed by atoms with Crippen LogP contribution < -0.4 is 0 Å². The number of aryl methyl sites for hydroxylation is 17. The first-order valence-electron chi connectivity index (χ1n) is 34.8. The van der Waals surface area contributed by atoms with Gasteiger partial charge in [-0.2, -0.15) is 0 Å². The molecule has 0 aliphatic rings. The van der Waals surface area contributed by atoms with Gasteiger partial charge in [-0.25, -0.2) is 0 Å². The van der Waals surface area contributed by atoms with Crippen LogP contribution in [0.2, 0.25) is 0 Å². The van der Waals surface area contributed by atoms with E-state index in [4.69, 9.17) is 0 Å². The van der Waals surface area contributed by atoms with Gasteiger partial charge >= 0.3 is 0 Å². The zero-order chi connectivity index (χ0) is 77.1. The first-order chi connectivity index (χ1) is 47.6. The number of hydrogen-bond acceptors (Lipinski definition) is 0. The summed E-state index contributed by atoms with van der Waals surface area (Å²) >= 11 is 29.2. The molecule has 0 aliphatic heterocycles. The van der Waals surface area contributed by atoms with E-state index in [0.29, 0.717) is 0 Å². The molecule has 0 unspecified atom stereocenters. The van der Waals surface area contributed by atoms with Gasteiger partial charge in [0, 0.05) is 46.9 Å². The molecule has 11 rings (SSSR count). The Morgan fingerprint density at radius 3 is 0.725 bits per heavy atom. The number of hydrogen-bond donors (Lipinski definition) is 0. The highest BCUT2D eigenvalue weighted by molar-refractivity contribution is 9.12. The number of benzene rings is 11. The van der Waals surface area contributed by atoms with E-state index in [-0.39, 0.29) is 0 Å². The Balaban J connectivity index is 0.000000254. The number of halogens is 8. The molecule has 0 nitrogen and oxygen atoms in total. The molecule has 8 heteroatoms. The summed E-state index contributed by atoms with van der Waals surface area (Å²) in [5.74, 6) is 0. The molecule has 0 spiro atoms. The van der Waals surface area contributed by atoms with Crippen molar-refractivity contribution in [3.63, 3.8) is 0 Å². The van der Waals surface area contributed by atoms with Gasteiger partial charge in [-0.15, -0.1) is 0 Å². The summed E-state index contributed by atoms with van der Waals surface area (Å²) in [5, 5.41) is 0. The highest BCUT2D eigenvalue weighted by atomic mass is 79.9. The average molecular weight is 1880 g/mol. The van der Waals surface area contributed by atoms with Crippen molar-refractivity contribution in [1.29, 1.82) is 0 Å². The van der Waals surface area contributed by atoms with E-state index >= 15 is 0 Å². The Kier molecular flexibility index (Phi) is 36.9. The van der Waals surface area contributed by atoms with Crippen LogP contribution in [0.1, 0.15) is 157 Å². The Hall–Kier alpha value is -4.74. The maximum Gasteiger partial charge on any atom is 0.0297 e. The van der Waals surface area contributed by atoms with Gasteiger partial charge < -0.3 is 0 Å². The molecule has 0 fully saturated rings. The Labute approximate surface area is 684 Å². The lowest BCUT2D eigenvalue weighted by Gasteiger charge is -2.22. The molecular weight excluding hydrogens is 1770 g/mol. The van der Waals surface area contributed by atoms with E-state index < -0.39 is 0 Å².